The van der Waals surface area contributed by atoms with Crippen LogP contribution in [-0.4, -0.2) is 27.4 Å². The molecule has 0 saturated heterocycles. The van der Waals surface area contributed by atoms with Gasteiger partial charge in [0, 0.05) is 12.3 Å². The first-order valence-electron chi connectivity index (χ1n) is 3.78. The molecule has 7 heteroatoms. The molecule has 0 N–H and O–H groups in total. The second-order valence-corrected chi connectivity index (χ2v) is 4.91. The van der Waals surface area contributed by atoms with Gasteiger partial charge in [0.2, 0.25) is 0 Å². The maximum Gasteiger partial charge on any atom is 0.287 e. The fourth-order valence-electron chi connectivity index (χ4n) is 1.26. The predicted molar refractivity (Wildman–Crippen MR) is 54.4 cm³/mol. The third-order valence-electron chi connectivity index (χ3n) is 1.76. The molecule has 0 unspecified atom stereocenters. The molecule has 1 rings (SSSR count). The van der Waals surface area contributed by atoms with Crippen LogP contribution in [0.15, 0.2) is 23.1 Å². The molecule has 1 aromatic rings. The number of hydrogen-bond donors (Lipinski definition) is 0. The molecule has 0 aliphatic rings. The van der Waals surface area contributed by atoms with Crippen LogP contribution in [-0.2, 0) is 9.84 Å². The van der Waals surface area contributed by atoms with Gasteiger partial charge in [-0.1, -0.05) is 17.6 Å². The molecule has 74 valence electrons. The van der Waals surface area contributed by atoms with E-state index in [1.54, 1.807) is 0 Å². The molecule has 0 aromatic heterocycles. The van der Waals surface area contributed by atoms with Crippen molar-refractivity contribution < 1.29 is 13.3 Å². The lowest BCUT2D eigenvalue weighted by molar-refractivity contribution is -0.387. The number of nitrogens with zero attached hydrogens (tertiary/aromatic N) is 1. The minimum atomic E-state index is -3.55. The van der Waals surface area contributed by atoms with Crippen LogP contribution in [0.2, 0.25) is 0 Å². The Morgan fingerprint density at radius 3 is 2.36 bits per heavy atom. The Morgan fingerprint density at radius 1 is 1.43 bits per heavy atom. The van der Waals surface area contributed by atoms with Crippen molar-refractivity contribution >= 4 is 28.8 Å². The predicted octanol–water partition coefficient (Wildman–Crippen LogP) is -0.743. The number of benzene rings is 1. The van der Waals surface area contributed by atoms with E-state index in [0.717, 1.165) is 6.26 Å². The zero-order valence-corrected chi connectivity index (χ0v) is 8.54. The summed E-state index contributed by atoms with van der Waals surface area (Å²) < 4.78 is 22.5. The second-order valence-electron chi connectivity index (χ2n) is 2.95. The number of rotatable bonds is 2. The number of hydrogen-bond acceptors (Lipinski definition) is 4. The zero-order chi connectivity index (χ0) is 10.9. The molecular formula is C7H8BNO4S. The molecule has 0 radical (unpaired) electrons. The summed E-state index contributed by atoms with van der Waals surface area (Å²) in [6.07, 6.45) is 0.961. The van der Waals surface area contributed by atoms with E-state index in [-0.39, 0.29) is 10.6 Å². The Kier molecular flexibility index (Phi) is 2.61. The first-order chi connectivity index (χ1) is 6.34. The first-order valence-corrected chi connectivity index (χ1v) is 5.67. The van der Waals surface area contributed by atoms with Crippen LogP contribution in [0.1, 0.15) is 0 Å². The summed E-state index contributed by atoms with van der Waals surface area (Å²) in [6.45, 7) is 0. The Morgan fingerprint density at radius 2 is 2.00 bits per heavy atom. The third-order valence-corrected chi connectivity index (χ3v) is 3.03. The van der Waals surface area contributed by atoms with E-state index in [4.69, 9.17) is 0 Å². The van der Waals surface area contributed by atoms with Gasteiger partial charge < -0.3 is 0 Å². The molecular weight excluding hydrogens is 205 g/mol. The Hall–Kier alpha value is -1.37. The van der Waals surface area contributed by atoms with Gasteiger partial charge in [0.05, 0.1) is 4.92 Å². The van der Waals surface area contributed by atoms with E-state index in [9.17, 15) is 18.5 Å². The van der Waals surface area contributed by atoms with E-state index in [0.29, 0.717) is 5.46 Å². The van der Waals surface area contributed by atoms with Crippen LogP contribution < -0.4 is 5.46 Å². The summed E-state index contributed by atoms with van der Waals surface area (Å²) in [6, 6.07) is 4.18. The largest absolute Gasteiger partial charge is 0.287 e. The normalized spacial score (nSPS) is 11.2. The summed E-state index contributed by atoms with van der Waals surface area (Å²) in [5.41, 5.74) is 0.0224. The van der Waals surface area contributed by atoms with Crippen LogP contribution in [0.5, 0.6) is 0 Å². The smallest absolute Gasteiger partial charge is 0.258 e. The minimum absolute atomic E-state index is 0.204. The van der Waals surface area contributed by atoms with Crippen molar-refractivity contribution in [1.82, 2.24) is 0 Å². The maximum atomic E-state index is 11.3. The third kappa shape index (κ3) is 1.93. The maximum absolute atomic E-state index is 11.3. The summed E-state index contributed by atoms with van der Waals surface area (Å²) in [5.74, 6) is 0. The van der Waals surface area contributed by atoms with Gasteiger partial charge in [-0.2, -0.15) is 0 Å². The Bertz CT molecular complexity index is 482. The molecule has 5 nitrogen and oxygen atoms in total. The van der Waals surface area contributed by atoms with Crippen molar-refractivity contribution in [3.63, 3.8) is 0 Å². The Labute approximate surface area is 82.2 Å². The van der Waals surface area contributed by atoms with Gasteiger partial charge in [0.25, 0.3) is 5.69 Å². The number of nitro groups is 1. The van der Waals surface area contributed by atoms with Crippen molar-refractivity contribution in [1.29, 1.82) is 0 Å². The highest BCUT2D eigenvalue weighted by Crippen LogP contribution is 2.20. The van der Waals surface area contributed by atoms with Gasteiger partial charge in [0.15, 0.2) is 9.84 Å². The Balaban J connectivity index is 3.62. The fourth-order valence-corrected chi connectivity index (χ4v) is 2.44. The highest BCUT2D eigenvalue weighted by atomic mass is 32.2. The van der Waals surface area contributed by atoms with Crippen LogP contribution in [0.3, 0.4) is 0 Å². The second kappa shape index (κ2) is 3.41. The van der Waals surface area contributed by atoms with Crippen LogP contribution in [0.4, 0.5) is 5.69 Å². The number of sulfone groups is 1. The fraction of sp³-hybridized carbons (Fsp3) is 0.143. The minimum Gasteiger partial charge on any atom is -0.258 e. The molecule has 0 aliphatic carbocycles. The summed E-state index contributed by atoms with van der Waals surface area (Å²) in [4.78, 5) is 9.67. The van der Waals surface area contributed by atoms with Gasteiger partial charge in [0.1, 0.15) is 12.7 Å². The SMILES string of the molecule is Bc1cccc([N+](=O)[O-])c1S(C)(=O)=O. The molecule has 14 heavy (non-hydrogen) atoms. The molecule has 0 heterocycles. The van der Waals surface area contributed by atoms with E-state index in [1.165, 1.54) is 26.0 Å². The highest BCUT2D eigenvalue weighted by Gasteiger charge is 2.23. The number of nitro benzene ring substituents is 1. The summed E-state index contributed by atoms with van der Waals surface area (Å²) in [5, 5.41) is 10.6. The summed E-state index contributed by atoms with van der Waals surface area (Å²) >= 11 is 0. The molecule has 0 fully saturated rings. The lowest BCUT2D eigenvalue weighted by Crippen LogP contribution is -2.16. The van der Waals surface area contributed by atoms with Gasteiger partial charge in [-0.3, -0.25) is 10.1 Å². The lowest BCUT2D eigenvalue weighted by atomic mass is 9.96. The van der Waals surface area contributed by atoms with Crippen molar-refractivity contribution in [2.45, 2.75) is 4.90 Å². The topological polar surface area (TPSA) is 77.3 Å². The molecule has 0 bridgehead atoms. The van der Waals surface area contributed by atoms with Crippen molar-refractivity contribution in [2.75, 3.05) is 6.26 Å². The average Bonchev–Trinajstić information content (AvgIpc) is 2.01. The van der Waals surface area contributed by atoms with Crippen LogP contribution in [0, 0.1) is 10.1 Å². The van der Waals surface area contributed by atoms with E-state index in [2.05, 4.69) is 0 Å². The van der Waals surface area contributed by atoms with E-state index >= 15 is 0 Å². The van der Waals surface area contributed by atoms with Crippen LogP contribution >= 0.6 is 0 Å². The monoisotopic (exact) mass is 213 g/mol. The standard InChI is InChI=1S/C7H8BNO4S/c1-14(12,13)7-5(8)3-2-4-6(7)9(10)11/h2-4H,8H2,1H3. The lowest BCUT2D eigenvalue weighted by Gasteiger charge is -2.03. The van der Waals surface area contributed by atoms with Gasteiger partial charge >= 0.3 is 0 Å². The molecule has 0 saturated carbocycles. The first kappa shape index (κ1) is 10.7. The van der Waals surface area contributed by atoms with Crippen LogP contribution in [0.25, 0.3) is 0 Å². The quantitative estimate of drug-likeness (QED) is 0.368. The average molecular weight is 213 g/mol. The van der Waals surface area contributed by atoms with E-state index in [1.807, 2.05) is 0 Å². The molecule has 0 spiro atoms. The molecule has 0 aliphatic heterocycles. The molecule has 0 amide bonds. The molecule has 1 aromatic carbocycles. The molecule has 0 atom stereocenters. The van der Waals surface area contributed by atoms with Gasteiger partial charge in [-0.25, -0.2) is 8.42 Å². The van der Waals surface area contributed by atoms with Gasteiger partial charge in [-0.15, -0.1) is 0 Å². The summed E-state index contributed by atoms with van der Waals surface area (Å²) in [7, 11) is -2.02. The van der Waals surface area contributed by atoms with Gasteiger partial charge in [-0.05, 0) is 0 Å². The highest BCUT2D eigenvalue weighted by molar-refractivity contribution is 7.91. The van der Waals surface area contributed by atoms with Crippen molar-refractivity contribution in [2.24, 2.45) is 0 Å². The zero-order valence-electron chi connectivity index (χ0n) is 7.72. The van der Waals surface area contributed by atoms with Crippen molar-refractivity contribution in [3.8, 4) is 0 Å². The van der Waals surface area contributed by atoms with E-state index < -0.39 is 14.8 Å². The van der Waals surface area contributed by atoms with Crippen molar-refractivity contribution in [3.05, 3.63) is 28.3 Å².